The molecule has 4 heteroatoms. The van der Waals surface area contributed by atoms with Crippen LogP contribution in [0.25, 0.3) is 11.0 Å². The zero-order chi connectivity index (χ0) is 16.4. The van der Waals surface area contributed by atoms with E-state index in [-0.39, 0.29) is 0 Å². The Morgan fingerprint density at radius 3 is 2.50 bits per heavy atom. The van der Waals surface area contributed by atoms with Crippen LogP contribution >= 0.6 is 0 Å². The van der Waals surface area contributed by atoms with Crippen LogP contribution in [-0.2, 0) is 0 Å². The zero-order valence-corrected chi connectivity index (χ0v) is 13.7. The van der Waals surface area contributed by atoms with E-state index in [9.17, 15) is 5.11 Å². The number of H-pyrrole nitrogens is 1. The number of rotatable bonds is 4. The number of hydrogen-bond acceptors (Lipinski definition) is 3. The summed E-state index contributed by atoms with van der Waals surface area (Å²) in [4.78, 5) is 10.6. The number of hydrogen-bond donors (Lipinski definition) is 2. The number of likely N-dealkylation sites (tertiary alicyclic amines) is 1. The number of aromatic nitrogens is 2. The Kier molecular flexibility index (Phi) is 4.32. The highest BCUT2D eigenvalue weighted by molar-refractivity contribution is 5.74. The molecule has 2 aromatic carbocycles. The lowest BCUT2D eigenvalue weighted by atomic mass is 9.95. The maximum atomic E-state index is 10.4. The number of β-amino-alcohol motifs (C(OH)–C–C–N with tert-alkyl or cyclic N) is 1. The van der Waals surface area contributed by atoms with Gasteiger partial charge in [0, 0.05) is 12.5 Å². The number of aliphatic hydroxyl groups is 1. The van der Waals surface area contributed by atoms with Gasteiger partial charge in [-0.1, -0.05) is 42.5 Å². The Balaban J connectivity index is 1.36. The summed E-state index contributed by atoms with van der Waals surface area (Å²) in [6, 6.07) is 18.1. The standard InChI is InChI=1S/C20H23N3O/c24-19(15-6-2-1-3-7-15)14-23-12-10-16(11-13-23)20-21-17-8-4-5-9-18(17)22-20/h1-9,16,19,24H,10-14H2,(H,21,22)/t19-/m1/s1. The molecule has 0 amide bonds. The molecule has 3 aromatic rings. The smallest absolute Gasteiger partial charge is 0.110 e. The molecule has 4 nitrogen and oxygen atoms in total. The van der Waals surface area contributed by atoms with Crippen LogP contribution in [0.4, 0.5) is 0 Å². The zero-order valence-electron chi connectivity index (χ0n) is 13.7. The summed E-state index contributed by atoms with van der Waals surface area (Å²) >= 11 is 0. The van der Waals surface area contributed by atoms with Gasteiger partial charge in [0.2, 0.25) is 0 Å². The molecule has 2 heterocycles. The van der Waals surface area contributed by atoms with Gasteiger partial charge in [-0.05, 0) is 43.6 Å². The fraction of sp³-hybridized carbons (Fsp3) is 0.350. The highest BCUT2D eigenvalue weighted by Gasteiger charge is 2.24. The van der Waals surface area contributed by atoms with E-state index in [1.165, 1.54) is 0 Å². The maximum absolute atomic E-state index is 10.4. The minimum Gasteiger partial charge on any atom is -0.387 e. The Labute approximate surface area is 142 Å². The topological polar surface area (TPSA) is 52.1 Å². The van der Waals surface area contributed by atoms with Gasteiger partial charge in [0.05, 0.1) is 17.1 Å². The van der Waals surface area contributed by atoms with Gasteiger partial charge < -0.3 is 15.0 Å². The first kappa shape index (κ1) is 15.4. The van der Waals surface area contributed by atoms with Crippen molar-refractivity contribution in [1.29, 1.82) is 0 Å². The Bertz CT molecular complexity index is 758. The SMILES string of the molecule is O[C@H](CN1CCC(c2nc3ccccc3[nH]2)CC1)c1ccccc1. The summed E-state index contributed by atoms with van der Waals surface area (Å²) in [6.07, 6.45) is 1.76. The third-order valence-corrected chi connectivity index (χ3v) is 5.00. The van der Waals surface area contributed by atoms with Crippen LogP contribution in [0.3, 0.4) is 0 Å². The molecule has 1 atom stereocenters. The van der Waals surface area contributed by atoms with Gasteiger partial charge in [-0.15, -0.1) is 0 Å². The average Bonchev–Trinajstić information content (AvgIpc) is 3.07. The molecule has 0 bridgehead atoms. The van der Waals surface area contributed by atoms with Crippen molar-refractivity contribution < 1.29 is 5.11 Å². The van der Waals surface area contributed by atoms with E-state index in [0.29, 0.717) is 12.5 Å². The third-order valence-electron chi connectivity index (χ3n) is 5.00. The van der Waals surface area contributed by atoms with E-state index in [2.05, 4.69) is 22.0 Å². The first-order chi connectivity index (χ1) is 11.8. The molecule has 0 aliphatic carbocycles. The fourth-order valence-electron chi connectivity index (χ4n) is 3.58. The molecule has 4 rings (SSSR count). The molecule has 1 aromatic heterocycles. The summed E-state index contributed by atoms with van der Waals surface area (Å²) in [5.41, 5.74) is 3.17. The molecule has 124 valence electrons. The Hall–Kier alpha value is -2.17. The van der Waals surface area contributed by atoms with Crippen LogP contribution in [0.2, 0.25) is 0 Å². The monoisotopic (exact) mass is 321 g/mol. The van der Waals surface area contributed by atoms with Crippen molar-refractivity contribution in [2.24, 2.45) is 0 Å². The quantitative estimate of drug-likeness (QED) is 0.773. The van der Waals surface area contributed by atoms with Crippen LogP contribution < -0.4 is 0 Å². The Morgan fingerprint density at radius 1 is 1.04 bits per heavy atom. The summed E-state index contributed by atoms with van der Waals surface area (Å²) in [5, 5.41) is 10.4. The van der Waals surface area contributed by atoms with Crippen molar-refractivity contribution in [3.63, 3.8) is 0 Å². The Morgan fingerprint density at radius 2 is 1.75 bits per heavy atom. The van der Waals surface area contributed by atoms with Gasteiger partial charge in [-0.25, -0.2) is 4.98 Å². The van der Waals surface area contributed by atoms with Gasteiger partial charge in [0.15, 0.2) is 0 Å². The average molecular weight is 321 g/mol. The van der Waals surface area contributed by atoms with E-state index in [1.807, 2.05) is 42.5 Å². The second-order valence-electron chi connectivity index (χ2n) is 6.64. The van der Waals surface area contributed by atoms with E-state index >= 15 is 0 Å². The highest BCUT2D eigenvalue weighted by atomic mass is 16.3. The summed E-state index contributed by atoms with van der Waals surface area (Å²) < 4.78 is 0. The van der Waals surface area contributed by atoms with Crippen LogP contribution in [0.5, 0.6) is 0 Å². The molecule has 2 N–H and O–H groups in total. The van der Waals surface area contributed by atoms with Gasteiger partial charge in [0.25, 0.3) is 0 Å². The van der Waals surface area contributed by atoms with E-state index < -0.39 is 6.10 Å². The predicted molar refractivity (Wildman–Crippen MR) is 95.9 cm³/mol. The lowest BCUT2D eigenvalue weighted by molar-refractivity contribution is 0.0967. The van der Waals surface area contributed by atoms with Gasteiger partial charge in [-0.3, -0.25) is 0 Å². The number of nitrogens with zero attached hydrogens (tertiary/aromatic N) is 2. The third kappa shape index (κ3) is 3.21. The lowest BCUT2D eigenvalue weighted by Gasteiger charge is -2.32. The molecule has 0 saturated carbocycles. The fourth-order valence-corrected chi connectivity index (χ4v) is 3.58. The lowest BCUT2D eigenvalue weighted by Crippen LogP contribution is -2.36. The van der Waals surface area contributed by atoms with Crippen LogP contribution in [-0.4, -0.2) is 39.6 Å². The second kappa shape index (κ2) is 6.75. The van der Waals surface area contributed by atoms with Crippen molar-refractivity contribution in [3.8, 4) is 0 Å². The molecule has 1 aliphatic rings. The molecule has 1 saturated heterocycles. The van der Waals surface area contributed by atoms with Crippen molar-refractivity contribution in [2.45, 2.75) is 24.9 Å². The van der Waals surface area contributed by atoms with Crippen LogP contribution in [0.1, 0.15) is 36.3 Å². The van der Waals surface area contributed by atoms with E-state index in [4.69, 9.17) is 4.98 Å². The highest BCUT2D eigenvalue weighted by Crippen LogP contribution is 2.28. The molecule has 0 radical (unpaired) electrons. The minimum absolute atomic E-state index is 0.408. The first-order valence-corrected chi connectivity index (χ1v) is 8.69. The maximum Gasteiger partial charge on any atom is 0.110 e. The molecule has 1 aliphatic heterocycles. The minimum atomic E-state index is -0.408. The molecule has 0 spiro atoms. The van der Waals surface area contributed by atoms with E-state index in [0.717, 1.165) is 48.4 Å². The molecule has 0 unspecified atom stereocenters. The van der Waals surface area contributed by atoms with Gasteiger partial charge >= 0.3 is 0 Å². The summed E-state index contributed by atoms with van der Waals surface area (Å²) in [7, 11) is 0. The van der Waals surface area contributed by atoms with Crippen molar-refractivity contribution >= 4 is 11.0 Å². The molecule has 1 fully saturated rings. The number of benzene rings is 2. The normalized spacial score (nSPS) is 18.0. The molecular weight excluding hydrogens is 298 g/mol. The summed E-state index contributed by atoms with van der Waals surface area (Å²) in [6.45, 7) is 2.72. The van der Waals surface area contributed by atoms with E-state index in [1.54, 1.807) is 0 Å². The van der Waals surface area contributed by atoms with Crippen molar-refractivity contribution in [1.82, 2.24) is 14.9 Å². The first-order valence-electron chi connectivity index (χ1n) is 8.69. The number of piperidine rings is 1. The second-order valence-corrected chi connectivity index (χ2v) is 6.64. The molecule has 24 heavy (non-hydrogen) atoms. The van der Waals surface area contributed by atoms with Crippen LogP contribution in [0, 0.1) is 0 Å². The number of nitrogens with one attached hydrogen (secondary N) is 1. The van der Waals surface area contributed by atoms with Gasteiger partial charge in [0.1, 0.15) is 5.82 Å². The predicted octanol–water partition coefficient (Wildman–Crippen LogP) is 3.48. The largest absolute Gasteiger partial charge is 0.387 e. The van der Waals surface area contributed by atoms with Crippen LogP contribution in [0.15, 0.2) is 54.6 Å². The number of aliphatic hydroxyl groups excluding tert-OH is 1. The number of aromatic amines is 1. The molecular formula is C20H23N3O. The van der Waals surface area contributed by atoms with Crippen molar-refractivity contribution in [3.05, 3.63) is 66.0 Å². The summed E-state index contributed by atoms with van der Waals surface area (Å²) in [5.74, 6) is 1.60. The van der Waals surface area contributed by atoms with Crippen molar-refractivity contribution in [2.75, 3.05) is 19.6 Å². The number of para-hydroxylation sites is 2. The van der Waals surface area contributed by atoms with Gasteiger partial charge in [-0.2, -0.15) is 0 Å². The number of fused-ring (bicyclic) bond motifs is 1. The number of imidazole rings is 1.